The topological polar surface area (TPSA) is 125 Å². The van der Waals surface area contributed by atoms with E-state index in [4.69, 9.17) is 4.74 Å². The molecule has 0 fully saturated rings. The summed E-state index contributed by atoms with van der Waals surface area (Å²) in [7, 11) is 0. The van der Waals surface area contributed by atoms with E-state index in [1.807, 2.05) is 0 Å². The van der Waals surface area contributed by atoms with Crippen molar-refractivity contribution in [3.05, 3.63) is 91.5 Å². The van der Waals surface area contributed by atoms with Crippen molar-refractivity contribution < 1.29 is 19.4 Å². The molecule has 0 amide bonds. The van der Waals surface area contributed by atoms with Crippen molar-refractivity contribution in [2.45, 2.75) is 6.92 Å². The Bertz CT molecular complexity index is 1200. The van der Waals surface area contributed by atoms with Crippen LogP contribution in [-0.4, -0.2) is 22.0 Å². The van der Waals surface area contributed by atoms with E-state index in [1.165, 1.54) is 24.3 Å². The molecule has 0 aliphatic heterocycles. The lowest BCUT2D eigenvalue weighted by molar-refractivity contribution is -0.385. The van der Waals surface area contributed by atoms with Crippen molar-refractivity contribution in [3.63, 3.8) is 0 Å². The number of nitro benzene ring substituents is 2. The number of fused-ring (bicyclic) bond motifs is 3. The van der Waals surface area contributed by atoms with Gasteiger partial charge in [0.15, 0.2) is 0 Å². The van der Waals surface area contributed by atoms with Gasteiger partial charge in [0.1, 0.15) is 5.75 Å². The first-order valence-corrected chi connectivity index (χ1v) is 8.76. The third-order valence-corrected chi connectivity index (χ3v) is 4.69. The fourth-order valence-electron chi connectivity index (χ4n) is 3.46. The van der Waals surface area contributed by atoms with Crippen LogP contribution in [0.3, 0.4) is 0 Å². The van der Waals surface area contributed by atoms with Crippen LogP contribution in [0.2, 0.25) is 0 Å². The molecule has 30 heavy (non-hydrogen) atoms. The Morgan fingerprint density at radius 2 is 1.40 bits per heavy atom. The van der Waals surface area contributed by atoms with E-state index < -0.39 is 9.85 Å². The van der Waals surface area contributed by atoms with Crippen LogP contribution in [0, 0.1) is 27.2 Å². The van der Waals surface area contributed by atoms with Gasteiger partial charge in [0.05, 0.1) is 21.2 Å². The van der Waals surface area contributed by atoms with Crippen molar-refractivity contribution >= 4 is 29.2 Å². The van der Waals surface area contributed by atoms with Gasteiger partial charge in [0, 0.05) is 41.5 Å². The molecular weight excluding hydrogens is 390 g/mol. The second-order valence-corrected chi connectivity index (χ2v) is 6.65. The standard InChI is InChI=1S/C21H13N3O6/c1-12-6-13(8-16(7-12)30-11-25)22-21-19-9-14(23(26)27)2-4-17(19)18-5-3-15(24(28)29)10-20(18)21/h2-11H,1H3. The minimum Gasteiger partial charge on any atom is -0.429 e. The van der Waals surface area contributed by atoms with Gasteiger partial charge in [-0.3, -0.25) is 25.0 Å². The second kappa shape index (κ2) is 7.21. The Labute approximate surface area is 169 Å². The highest BCUT2D eigenvalue weighted by Crippen LogP contribution is 2.41. The largest absolute Gasteiger partial charge is 0.429 e. The molecule has 3 aromatic carbocycles. The number of aryl methyl sites for hydroxylation is 1. The number of rotatable bonds is 5. The second-order valence-electron chi connectivity index (χ2n) is 6.65. The smallest absolute Gasteiger partial charge is 0.298 e. The van der Waals surface area contributed by atoms with Crippen molar-refractivity contribution in [2.24, 2.45) is 4.99 Å². The van der Waals surface area contributed by atoms with Gasteiger partial charge in [-0.1, -0.05) is 0 Å². The maximum Gasteiger partial charge on any atom is 0.298 e. The maximum absolute atomic E-state index is 11.3. The molecule has 0 saturated heterocycles. The zero-order valence-corrected chi connectivity index (χ0v) is 15.6. The van der Waals surface area contributed by atoms with Gasteiger partial charge in [0.2, 0.25) is 0 Å². The fourth-order valence-corrected chi connectivity index (χ4v) is 3.46. The fraction of sp³-hybridized carbons (Fsp3) is 0.0476. The lowest BCUT2D eigenvalue weighted by atomic mass is 10.1. The summed E-state index contributed by atoms with van der Waals surface area (Å²) in [6.07, 6.45) is 0. The van der Waals surface area contributed by atoms with Crippen molar-refractivity contribution in [1.29, 1.82) is 0 Å². The number of hydrogen-bond donors (Lipinski definition) is 0. The number of aliphatic imine (C=N–C) groups is 1. The third kappa shape index (κ3) is 3.28. The predicted octanol–water partition coefficient (Wildman–Crippen LogP) is 4.50. The van der Waals surface area contributed by atoms with Gasteiger partial charge in [0.25, 0.3) is 17.8 Å². The van der Waals surface area contributed by atoms with Crippen LogP contribution in [0.5, 0.6) is 5.75 Å². The summed E-state index contributed by atoms with van der Waals surface area (Å²) in [6, 6.07) is 13.7. The van der Waals surface area contributed by atoms with Gasteiger partial charge in [-0.2, -0.15) is 0 Å². The van der Waals surface area contributed by atoms with Gasteiger partial charge < -0.3 is 4.74 Å². The number of non-ortho nitro benzene ring substituents is 2. The average Bonchev–Trinajstić information content (AvgIpc) is 3.00. The van der Waals surface area contributed by atoms with E-state index in [0.717, 1.165) is 5.56 Å². The molecule has 9 heteroatoms. The Hall–Kier alpha value is -4.40. The summed E-state index contributed by atoms with van der Waals surface area (Å²) in [5.74, 6) is 0.292. The van der Waals surface area contributed by atoms with Crippen molar-refractivity contribution in [3.8, 4) is 16.9 Å². The van der Waals surface area contributed by atoms with E-state index in [1.54, 1.807) is 37.3 Å². The molecule has 0 N–H and O–H groups in total. The Balaban J connectivity index is 1.97. The first kappa shape index (κ1) is 18.9. The molecule has 1 aliphatic carbocycles. The van der Waals surface area contributed by atoms with Gasteiger partial charge in [-0.05, 0) is 47.9 Å². The van der Waals surface area contributed by atoms with E-state index in [-0.39, 0.29) is 11.4 Å². The quantitative estimate of drug-likeness (QED) is 0.274. The minimum absolute atomic E-state index is 0.113. The average molecular weight is 403 g/mol. The number of nitrogens with zero attached hydrogens (tertiary/aromatic N) is 3. The van der Waals surface area contributed by atoms with Crippen molar-refractivity contribution in [2.75, 3.05) is 0 Å². The molecule has 4 rings (SSSR count). The van der Waals surface area contributed by atoms with Crippen LogP contribution in [-0.2, 0) is 4.79 Å². The zero-order chi connectivity index (χ0) is 21.4. The molecule has 0 unspecified atom stereocenters. The normalized spacial score (nSPS) is 11.4. The number of ether oxygens (including phenoxy) is 1. The number of carbonyl (C=O) groups excluding carboxylic acids is 1. The van der Waals surface area contributed by atoms with Crippen LogP contribution < -0.4 is 4.74 Å². The van der Waals surface area contributed by atoms with Gasteiger partial charge in [-0.15, -0.1) is 0 Å². The molecule has 9 nitrogen and oxygen atoms in total. The summed E-state index contributed by atoms with van der Waals surface area (Å²) >= 11 is 0. The van der Waals surface area contributed by atoms with E-state index in [0.29, 0.717) is 45.9 Å². The van der Waals surface area contributed by atoms with Crippen LogP contribution >= 0.6 is 0 Å². The monoisotopic (exact) mass is 403 g/mol. The minimum atomic E-state index is -0.508. The molecule has 3 aromatic rings. The van der Waals surface area contributed by atoms with E-state index in [9.17, 15) is 25.0 Å². The lowest BCUT2D eigenvalue weighted by Gasteiger charge is -2.05. The summed E-state index contributed by atoms with van der Waals surface area (Å²) < 4.78 is 4.90. The maximum atomic E-state index is 11.3. The van der Waals surface area contributed by atoms with Gasteiger partial charge >= 0.3 is 0 Å². The first-order valence-electron chi connectivity index (χ1n) is 8.76. The highest BCUT2D eigenvalue weighted by atomic mass is 16.6. The van der Waals surface area contributed by atoms with Crippen LogP contribution in [0.4, 0.5) is 17.1 Å². The number of nitro groups is 2. The van der Waals surface area contributed by atoms with Gasteiger partial charge in [-0.25, -0.2) is 4.99 Å². The molecule has 0 saturated carbocycles. The molecule has 0 spiro atoms. The number of carbonyl (C=O) groups is 1. The Morgan fingerprint density at radius 1 is 0.833 bits per heavy atom. The van der Waals surface area contributed by atoms with E-state index in [2.05, 4.69) is 4.99 Å². The molecule has 0 bridgehead atoms. The summed E-state index contributed by atoms with van der Waals surface area (Å²) in [4.78, 5) is 36.8. The zero-order valence-electron chi connectivity index (χ0n) is 15.6. The molecule has 0 aromatic heterocycles. The number of hydrogen-bond acceptors (Lipinski definition) is 7. The third-order valence-electron chi connectivity index (χ3n) is 4.69. The number of benzene rings is 3. The van der Waals surface area contributed by atoms with E-state index >= 15 is 0 Å². The molecule has 148 valence electrons. The summed E-state index contributed by atoms with van der Waals surface area (Å²) in [5.41, 5.74) is 3.76. The molecule has 0 heterocycles. The lowest BCUT2D eigenvalue weighted by Crippen LogP contribution is -2.00. The van der Waals surface area contributed by atoms with Crippen LogP contribution in [0.1, 0.15) is 16.7 Å². The first-order chi connectivity index (χ1) is 14.4. The Morgan fingerprint density at radius 3 is 1.90 bits per heavy atom. The predicted molar refractivity (Wildman–Crippen MR) is 108 cm³/mol. The van der Waals surface area contributed by atoms with Crippen molar-refractivity contribution in [1.82, 2.24) is 0 Å². The van der Waals surface area contributed by atoms with Crippen LogP contribution in [0.25, 0.3) is 11.1 Å². The summed E-state index contributed by atoms with van der Waals surface area (Å²) in [6.45, 7) is 2.10. The van der Waals surface area contributed by atoms with Crippen LogP contribution in [0.15, 0.2) is 59.6 Å². The highest BCUT2D eigenvalue weighted by molar-refractivity contribution is 6.25. The summed E-state index contributed by atoms with van der Waals surface area (Å²) in [5, 5.41) is 22.5. The molecule has 1 aliphatic rings. The SMILES string of the molecule is Cc1cc(N=C2c3cc([N+](=O)[O-])ccc3-c3ccc([N+](=O)[O-])cc32)cc(OC=O)c1. The molecule has 0 atom stereocenters. The Kier molecular flexibility index (Phi) is 4.55. The highest BCUT2D eigenvalue weighted by Gasteiger charge is 2.29. The molecule has 0 radical (unpaired) electrons. The molecular formula is C21H13N3O6.